The third kappa shape index (κ3) is 13.0. The lowest BCUT2D eigenvalue weighted by Gasteiger charge is -2.25. The molecule has 0 aliphatic heterocycles. The summed E-state index contributed by atoms with van der Waals surface area (Å²) < 4.78 is 0. The summed E-state index contributed by atoms with van der Waals surface area (Å²) in [5, 5.41) is 25.5. The maximum atomic E-state index is 12.8. The third-order valence-electron chi connectivity index (χ3n) is 4.62. The van der Waals surface area contributed by atoms with Gasteiger partial charge >= 0.3 is 11.9 Å². The minimum absolute atomic E-state index is 0.0189. The molecule has 9 N–H and O–H groups in total. The summed E-state index contributed by atoms with van der Waals surface area (Å²) in [7, 11) is 0. The second kappa shape index (κ2) is 15.9. The zero-order chi connectivity index (χ0) is 26.4. The van der Waals surface area contributed by atoms with Crippen molar-refractivity contribution in [3.8, 4) is 0 Å². The van der Waals surface area contributed by atoms with Gasteiger partial charge < -0.3 is 37.6 Å². The molecule has 0 aromatic rings. The summed E-state index contributed by atoms with van der Waals surface area (Å²) in [5.41, 5.74) is 10.7. The number of primary amides is 1. The highest BCUT2D eigenvalue weighted by Gasteiger charge is 2.31. The Kier molecular flexibility index (Phi) is 14.5. The molecule has 4 unspecified atom stereocenters. The molecule has 0 fully saturated rings. The standard InChI is InChI=1S/C20H35N5O8S/c1-10(2)8-14(20(32)33)25-18(30)12(6-7-34-3)23-19(31)13(9-16(27)28)24-17(29)11(21)4-5-15(22)26/h10-14H,4-9,21H2,1-3H3,(H2,22,26)(H,23,31)(H,24,29)(H,25,30)(H,27,28)(H,32,33). The summed E-state index contributed by atoms with van der Waals surface area (Å²) >= 11 is 1.39. The lowest BCUT2D eigenvalue weighted by molar-refractivity contribution is -0.143. The summed E-state index contributed by atoms with van der Waals surface area (Å²) in [6, 6.07) is -5.09. The van der Waals surface area contributed by atoms with Crippen LogP contribution in [0.1, 0.15) is 46.0 Å². The van der Waals surface area contributed by atoms with E-state index in [9.17, 15) is 33.9 Å². The van der Waals surface area contributed by atoms with Gasteiger partial charge in [0, 0.05) is 6.42 Å². The Bertz CT molecular complexity index is 748. The molecule has 4 amide bonds. The number of nitrogens with one attached hydrogen (secondary N) is 3. The first-order valence-electron chi connectivity index (χ1n) is 10.7. The first-order chi connectivity index (χ1) is 15.8. The predicted octanol–water partition coefficient (Wildman–Crippen LogP) is -1.61. The quantitative estimate of drug-likeness (QED) is 0.119. The molecular weight excluding hydrogens is 470 g/mol. The average Bonchev–Trinajstić information content (AvgIpc) is 2.72. The van der Waals surface area contributed by atoms with Gasteiger partial charge in [-0.05, 0) is 37.2 Å². The minimum Gasteiger partial charge on any atom is -0.481 e. The highest BCUT2D eigenvalue weighted by Crippen LogP contribution is 2.08. The van der Waals surface area contributed by atoms with E-state index in [-0.39, 0.29) is 31.6 Å². The van der Waals surface area contributed by atoms with Crippen molar-refractivity contribution < 1.29 is 39.0 Å². The summed E-state index contributed by atoms with van der Waals surface area (Å²) in [6.45, 7) is 3.59. The van der Waals surface area contributed by atoms with Crippen LogP contribution in [0.2, 0.25) is 0 Å². The van der Waals surface area contributed by atoms with E-state index < -0.39 is 66.2 Å². The molecule has 0 aliphatic carbocycles. The number of carbonyl (C=O) groups is 6. The van der Waals surface area contributed by atoms with E-state index in [4.69, 9.17) is 16.6 Å². The van der Waals surface area contributed by atoms with Gasteiger partial charge in [0.2, 0.25) is 23.6 Å². The van der Waals surface area contributed by atoms with E-state index in [1.54, 1.807) is 20.1 Å². The van der Waals surface area contributed by atoms with Crippen LogP contribution < -0.4 is 27.4 Å². The lowest BCUT2D eigenvalue weighted by Crippen LogP contribution is -2.57. The van der Waals surface area contributed by atoms with Gasteiger partial charge in [-0.1, -0.05) is 13.8 Å². The van der Waals surface area contributed by atoms with Gasteiger partial charge in [0.25, 0.3) is 0 Å². The van der Waals surface area contributed by atoms with E-state index >= 15 is 0 Å². The molecule has 4 atom stereocenters. The van der Waals surface area contributed by atoms with E-state index in [2.05, 4.69) is 16.0 Å². The monoisotopic (exact) mass is 505 g/mol. The Balaban J connectivity index is 5.46. The fourth-order valence-corrected chi connectivity index (χ4v) is 3.30. The van der Waals surface area contributed by atoms with Gasteiger partial charge in [0.15, 0.2) is 0 Å². The predicted molar refractivity (Wildman–Crippen MR) is 125 cm³/mol. The van der Waals surface area contributed by atoms with Crippen LogP contribution in [0.4, 0.5) is 0 Å². The number of thioether (sulfide) groups is 1. The fourth-order valence-electron chi connectivity index (χ4n) is 2.83. The molecule has 0 bridgehead atoms. The molecule has 0 saturated heterocycles. The van der Waals surface area contributed by atoms with Gasteiger partial charge in [-0.15, -0.1) is 0 Å². The third-order valence-corrected chi connectivity index (χ3v) is 5.26. The topological polar surface area (TPSA) is 231 Å². The number of nitrogens with two attached hydrogens (primary N) is 2. The van der Waals surface area contributed by atoms with Crippen LogP contribution in [0, 0.1) is 5.92 Å². The van der Waals surface area contributed by atoms with Crippen LogP contribution in [0.25, 0.3) is 0 Å². The van der Waals surface area contributed by atoms with Gasteiger partial charge in [0.1, 0.15) is 18.1 Å². The lowest BCUT2D eigenvalue weighted by atomic mass is 10.0. The molecule has 0 rings (SSSR count). The minimum atomic E-state index is -1.56. The van der Waals surface area contributed by atoms with Crippen molar-refractivity contribution in [2.45, 2.75) is 70.1 Å². The smallest absolute Gasteiger partial charge is 0.326 e. The molecule has 13 nitrogen and oxygen atoms in total. The maximum absolute atomic E-state index is 12.8. The van der Waals surface area contributed by atoms with E-state index in [1.807, 2.05) is 0 Å². The molecule has 0 aliphatic rings. The van der Waals surface area contributed by atoms with Gasteiger partial charge in [-0.25, -0.2) is 4.79 Å². The molecule has 0 aromatic carbocycles. The Hall–Kier alpha value is -2.87. The summed E-state index contributed by atoms with van der Waals surface area (Å²) in [5.74, 6) is -5.43. The van der Waals surface area contributed by atoms with Crippen molar-refractivity contribution >= 4 is 47.3 Å². The highest BCUT2D eigenvalue weighted by molar-refractivity contribution is 7.98. The van der Waals surface area contributed by atoms with Crippen LogP contribution in [0.3, 0.4) is 0 Å². The van der Waals surface area contributed by atoms with E-state index in [0.29, 0.717) is 5.75 Å². The number of amides is 4. The summed E-state index contributed by atoms with van der Waals surface area (Å²) in [4.78, 5) is 71.3. The number of carbonyl (C=O) groups excluding carboxylic acids is 4. The van der Waals surface area contributed by atoms with E-state index in [1.165, 1.54) is 11.8 Å². The van der Waals surface area contributed by atoms with Crippen molar-refractivity contribution in [3.05, 3.63) is 0 Å². The molecule has 0 saturated carbocycles. The largest absolute Gasteiger partial charge is 0.481 e. The Morgan fingerprint density at radius 3 is 1.85 bits per heavy atom. The van der Waals surface area contributed by atoms with Gasteiger partial charge in [-0.3, -0.25) is 24.0 Å². The number of rotatable bonds is 17. The maximum Gasteiger partial charge on any atom is 0.326 e. The average molecular weight is 506 g/mol. The Labute approximate surface area is 202 Å². The van der Waals surface area contributed by atoms with Crippen LogP contribution >= 0.6 is 11.8 Å². The number of hydrogen-bond acceptors (Lipinski definition) is 8. The normalized spacial score (nSPS) is 14.4. The van der Waals surface area contributed by atoms with Gasteiger partial charge in [-0.2, -0.15) is 11.8 Å². The van der Waals surface area contributed by atoms with Crippen LogP contribution in [-0.2, 0) is 28.8 Å². The zero-order valence-electron chi connectivity index (χ0n) is 19.5. The number of carboxylic acid groups (broad SMARTS) is 2. The van der Waals surface area contributed by atoms with Crippen molar-refractivity contribution in [1.82, 2.24) is 16.0 Å². The first-order valence-corrected chi connectivity index (χ1v) is 12.1. The Morgan fingerprint density at radius 2 is 1.38 bits per heavy atom. The molecule has 194 valence electrons. The second-order valence-electron chi connectivity index (χ2n) is 8.14. The van der Waals surface area contributed by atoms with Crippen LogP contribution in [0.5, 0.6) is 0 Å². The van der Waals surface area contributed by atoms with E-state index in [0.717, 1.165) is 0 Å². The molecule has 0 aromatic heterocycles. The summed E-state index contributed by atoms with van der Waals surface area (Å²) in [6.07, 6.45) is 1.01. The number of carboxylic acids is 2. The highest BCUT2D eigenvalue weighted by atomic mass is 32.2. The van der Waals surface area contributed by atoms with Crippen LogP contribution in [-0.4, -0.2) is 82.0 Å². The fraction of sp³-hybridized carbons (Fsp3) is 0.700. The van der Waals surface area contributed by atoms with Crippen LogP contribution in [0.15, 0.2) is 0 Å². The molecule has 34 heavy (non-hydrogen) atoms. The molecule has 14 heteroatoms. The molecule has 0 heterocycles. The second-order valence-corrected chi connectivity index (χ2v) is 9.13. The molecular formula is C20H35N5O8S. The molecule has 0 radical (unpaired) electrons. The number of hydrogen-bond donors (Lipinski definition) is 7. The SMILES string of the molecule is CSCCC(NC(=O)C(CC(=O)O)NC(=O)C(N)CCC(N)=O)C(=O)NC(CC(C)C)C(=O)O. The van der Waals surface area contributed by atoms with Crippen molar-refractivity contribution in [3.63, 3.8) is 0 Å². The number of aliphatic carboxylic acids is 2. The first kappa shape index (κ1) is 31.1. The Morgan fingerprint density at radius 1 is 0.853 bits per heavy atom. The zero-order valence-corrected chi connectivity index (χ0v) is 20.4. The van der Waals surface area contributed by atoms with Gasteiger partial charge in [0.05, 0.1) is 12.5 Å². The van der Waals surface area contributed by atoms with Crippen molar-refractivity contribution in [1.29, 1.82) is 0 Å². The molecule has 0 spiro atoms. The van der Waals surface area contributed by atoms with Crippen molar-refractivity contribution in [2.75, 3.05) is 12.0 Å². The van der Waals surface area contributed by atoms with Crippen molar-refractivity contribution in [2.24, 2.45) is 17.4 Å².